The lowest BCUT2D eigenvalue weighted by molar-refractivity contribution is -0.384. The van der Waals surface area contributed by atoms with Crippen molar-refractivity contribution in [2.45, 2.75) is 43.2 Å². The first-order valence-electron chi connectivity index (χ1n) is 13.3. The quantitative estimate of drug-likeness (QED) is 0.301. The van der Waals surface area contributed by atoms with Crippen LogP contribution in [0, 0.1) is 16.0 Å². The number of nitrogens with zero attached hydrogens (tertiary/aromatic N) is 2. The number of carbonyl (C=O) groups is 3. The van der Waals surface area contributed by atoms with Crippen molar-refractivity contribution in [3.63, 3.8) is 0 Å². The molecule has 0 unspecified atom stereocenters. The summed E-state index contributed by atoms with van der Waals surface area (Å²) < 4.78 is 0. The highest BCUT2D eigenvalue weighted by Crippen LogP contribution is 2.67. The first-order chi connectivity index (χ1) is 18.8. The number of benzene rings is 3. The zero-order valence-electron chi connectivity index (χ0n) is 21.3. The molecule has 0 saturated carbocycles. The zero-order valence-corrected chi connectivity index (χ0v) is 21.3. The lowest BCUT2D eigenvalue weighted by atomic mass is 9.57. The van der Waals surface area contributed by atoms with E-state index in [1.165, 1.54) is 18.2 Å². The van der Waals surface area contributed by atoms with Gasteiger partial charge in [-0.1, -0.05) is 49.4 Å². The third-order valence-electron chi connectivity index (χ3n) is 9.19. The predicted octanol–water partition coefficient (Wildman–Crippen LogP) is 4.17. The first-order valence-corrected chi connectivity index (χ1v) is 13.3. The summed E-state index contributed by atoms with van der Waals surface area (Å²) >= 11 is 0. The Balaban J connectivity index is 1.57. The number of carbonyl (C=O) groups excluding carboxylic acids is 3. The number of nitrogens with one attached hydrogen (secondary N) is 2. The van der Waals surface area contributed by atoms with E-state index >= 15 is 0 Å². The highest BCUT2D eigenvalue weighted by Gasteiger charge is 2.81. The minimum absolute atomic E-state index is 0.163. The van der Waals surface area contributed by atoms with Gasteiger partial charge in [-0.25, -0.2) is 0 Å². The van der Waals surface area contributed by atoms with Crippen LogP contribution in [0.2, 0.25) is 0 Å². The highest BCUT2D eigenvalue weighted by molar-refractivity contribution is 6.21. The van der Waals surface area contributed by atoms with Crippen molar-refractivity contribution in [1.82, 2.24) is 4.90 Å². The Morgan fingerprint density at radius 1 is 1.00 bits per heavy atom. The van der Waals surface area contributed by atoms with Crippen LogP contribution in [0.15, 0.2) is 66.7 Å². The van der Waals surface area contributed by atoms with Gasteiger partial charge in [-0.05, 0) is 49.1 Å². The first kappa shape index (κ1) is 23.7. The molecule has 0 radical (unpaired) electrons. The molecule has 4 atom stereocenters. The number of amides is 2. The molecular formula is C30H26N4O5. The van der Waals surface area contributed by atoms with Gasteiger partial charge in [0.25, 0.3) is 11.6 Å². The third-order valence-corrected chi connectivity index (χ3v) is 9.19. The topological polar surface area (TPSA) is 122 Å². The minimum Gasteiger partial charge on any atom is -0.325 e. The Labute approximate surface area is 224 Å². The standard InChI is InChI=1S/C30H26N4O5/c1-2-17-12-13-23-21(15-17)30(28(37)32-23)29(20-9-3-4-10-22(20)31-27(29)36)25(24-11-6-14-33(24)30)26(35)18-7-5-8-19(16-18)34(38)39/h3-5,7-10,12-13,15-16,24-25H,2,6,11,14H2,1H3,(H,31,36)(H,32,37)/t24-,25-,29+,30+/m0/s1. The molecule has 2 N–H and O–H groups in total. The van der Waals surface area contributed by atoms with Gasteiger partial charge in [-0.3, -0.25) is 29.4 Å². The van der Waals surface area contributed by atoms with Gasteiger partial charge in [-0.2, -0.15) is 0 Å². The summed E-state index contributed by atoms with van der Waals surface area (Å²) in [6, 6.07) is 18.4. The molecule has 0 aromatic heterocycles. The van der Waals surface area contributed by atoms with Gasteiger partial charge in [0.05, 0.1) is 10.8 Å². The van der Waals surface area contributed by atoms with Gasteiger partial charge in [0.2, 0.25) is 5.91 Å². The summed E-state index contributed by atoms with van der Waals surface area (Å²) in [5.41, 5.74) is 0.503. The molecule has 3 aromatic carbocycles. The molecule has 2 fully saturated rings. The minimum atomic E-state index is -1.57. The van der Waals surface area contributed by atoms with Gasteiger partial charge in [0.15, 0.2) is 5.78 Å². The predicted molar refractivity (Wildman–Crippen MR) is 144 cm³/mol. The molecule has 0 bridgehead atoms. The largest absolute Gasteiger partial charge is 0.325 e. The fraction of sp³-hybridized carbons (Fsp3) is 0.300. The second-order valence-corrected chi connectivity index (χ2v) is 10.8. The van der Waals surface area contributed by atoms with Crippen LogP contribution in [0.3, 0.4) is 0 Å². The molecule has 9 heteroatoms. The summed E-state index contributed by atoms with van der Waals surface area (Å²) in [5.74, 6) is -2.02. The number of fused-ring (bicyclic) bond motifs is 7. The van der Waals surface area contributed by atoms with Crippen LogP contribution in [0.4, 0.5) is 17.1 Å². The van der Waals surface area contributed by atoms with Crippen LogP contribution in [0.5, 0.6) is 0 Å². The van der Waals surface area contributed by atoms with Crippen molar-refractivity contribution >= 4 is 34.7 Å². The number of Topliss-reactive ketones (excluding diaryl/α,β-unsaturated/α-hetero) is 1. The van der Waals surface area contributed by atoms with Crippen molar-refractivity contribution in [2.75, 3.05) is 17.2 Å². The normalized spacial score (nSPS) is 28.3. The fourth-order valence-electron chi connectivity index (χ4n) is 7.80. The highest BCUT2D eigenvalue weighted by atomic mass is 16.6. The Bertz CT molecular complexity index is 1620. The number of ketones is 1. The average molecular weight is 523 g/mol. The van der Waals surface area contributed by atoms with Crippen molar-refractivity contribution < 1.29 is 19.3 Å². The molecule has 4 heterocycles. The van der Waals surface area contributed by atoms with Crippen molar-refractivity contribution in [1.29, 1.82) is 0 Å². The molecule has 7 rings (SSSR count). The van der Waals surface area contributed by atoms with E-state index in [4.69, 9.17) is 0 Å². The van der Waals surface area contributed by atoms with E-state index in [1.807, 2.05) is 43.3 Å². The van der Waals surface area contributed by atoms with Gasteiger partial charge < -0.3 is 10.6 Å². The molecule has 3 aromatic rings. The van der Waals surface area contributed by atoms with Crippen LogP contribution in [0.1, 0.15) is 46.8 Å². The molecule has 0 aliphatic carbocycles. The van der Waals surface area contributed by atoms with E-state index in [2.05, 4.69) is 15.5 Å². The number of para-hydroxylation sites is 1. The number of aryl methyl sites for hydroxylation is 1. The fourth-order valence-corrected chi connectivity index (χ4v) is 7.80. The molecule has 4 aliphatic heterocycles. The maximum Gasteiger partial charge on any atom is 0.270 e. The molecule has 4 aliphatic rings. The smallest absolute Gasteiger partial charge is 0.270 e. The van der Waals surface area contributed by atoms with E-state index in [-0.39, 0.29) is 22.9 Å². The summed E-state index contributed by atoms with van der Waals surface area (Å²) in [7, 11) is 0. The third kappa shape index (κ3) is 2.75. The number of nitro groups is 1. The number of hydrogen-bond donors (Lipinski definition) is 2. The van der Waals surface area contributed by atoms with E-state index in [0.717, 1.165) is 18.4 Å². The molecule has 2 saturated heterocycles. The zero-order chi connectivity index (χ0) is 27.1. The molecule has 2 amide bonds. The van der Waals surface area contributed by atoms with Gasteiger partial charge in [0, 0.05) is 40.7 Å². The van der Waals surface area contributed by atoms with Crippen LogP contribution in [-0.4, -0.2) is 40.0 Å². The maximum atomic E-state index is 14.6. The average Bonchev–Trinajstić information content (AvgIpc) is 3.66. The van der Waals surface area contributed by atoms with E-state index in [0.29, 0.717) is 35.5 Å². The molecule has 39 heavy (non-hydrogen) atoms. The van der Waals surface area contributed by atoms with Crippen LogP contribution < -0.4 is 10.6 Å². The summed E-state index contributed by atoms with van der Waals surface area (Å²) in [6.45, 7) is 2.58. The number of rotatable bonds is 4. The Kier molecular flexibility index (Phi) is 4.91. The number of non-ortho nitro benzene ring substituents is 1. The Morgan fingerprint density at radius 3 is 2.56 bits per heavy atom. The van der Waals surface area contributed by atoms with Crippen LogP contribution in [-0.2, 0) is 27.0 Å². The second-order valence-electron chi connectivity index (χ2n) is 10.8. The summed E-state index contributed by atoms with van der Waals surface area (Å²) in [4.78, 5) is 56.6. The van der Waals surface area contributed by atoms with Crippen molar-refractivity contribution in [3.8, 4) is 0 Å². The summed E-state index contributed by atoms with van der Waals surface area (Å²) in [6.07, 6.45) is 2.13. The Morgan fingerprint density at radius 2 is 1.77 bits per heavy atom. The monoisotopic (exact) mass is 522 g/mol. The number of nitro benzene ring substituents is 1. The van der Waals surface area contributed by atoms with Crippen molar-refractivity contribution in [3.05, 3.63) is 99.1 Å². The van der Waals surface area contributed by atoms with Gasteiger partial charge in [0.1, 0.15) is 11.0 Å². The van der Waals surface area contributed by atoms with Crippen LogP contribution >= 0.6 is 0 Å². The molecule has 196 valence electrons. The van der Waals surface area contributed by atoms with Crippen LogP contribution in [0.25, 0.3) is 0 Å². The van der Waals surface area contributed by atoms with E-state index in [1.54, 1.807) is 12.1 Å². The molecule has 2 spiro atoms. The van der Waals surface area contributed by atoms with E-state index < -0.39 is 33.7 Å². The van der Waals surface area contributed by atoms with E-state index in [9.17, 15) is 24.5 Å². The lowest BCUT2D eigenvalue weighted by Gasteiger charge is -2.43. The second kappa shape index (κ2) is 8.07. The maximum absolute atomic E-state index is 14.6. The van der Waals surface area contributed by atoms with Gasteiger partial charge >= 0.3 is 0 Å². The van der Waals surface area contributed by atoms with Gasteiger partial charge in [-0.15, -0.1) is 0 Å². The molecular weight excluding hydrogens is 496 g/mol. The summed E-state index contributed by atoms with van der Waals surface area (Å²) in [5, 5.41) is 17.6. The number of anilines is 2. The number of hydrogen-bond acceptors (Lipinski definition) is 6. The molecule has 9 nitrogen and oxygen atoms in total. The lowest BCUT2D eigenvalue weighted by Crippen LogP contribution is -2.62. The van der Waals surface area contributed by atoms with Crippen molar-refractivity contribution in [2.24, 2.45) is 5.92 Å². The Hall–Kier alpha value is -4.37. The SMILES string of the molecule is CCc1ccc2c(c1)[C@]1(C(=O)N2)N2CCC[C@H]2[C@@H](C(=O)c2cccc([N+](=O)[O-])c2)[C@]12C(=O)Nc1ccccc12.